The van der Waals surface area contributed by atoms with Gasteiger partial charge < -0.3 is 0 Å². The number of amides is 1. The molecule has 0 unspecified atom stereocenters. The van der Waals surface area contributed by atoms with Crippen LogP contribution in [0.1, 0.15) is 20.0 Å². The number of nitrogens with zero attached hydrogens (tertiary/aromatic N) is 1. The van der Waals surface area contributed by atoms with Gasteiger partial charge in [0.25, 0.3) is 5.91 Å². The molecule has 2 rings (SSSR count). The van der Waals surface area contributed by atoms with E-state index in [1.165, 1.54) is 6.20 Å². The fourth-order valence-corrected chi connectivity index (χ4v) is 1.92. The molecule has 1 aromatic carbocycles. The molecule has 0 bridgehead atoms. The standard InChI is InChI=1S/C11H7ClN2O2S/c12-8-3-1-7(2-4-8)10(16)14-11-13-5-9(6-15)17-11/h1-6H,(H,13,14,16). The van der Waals surface area contributed by atoms with Crippen LogP contribution in [0.4, 0.5) is 5.13 Å². The lowest BCUT2D eigenvalue weighted by Crippen LogP contribution is -2.11. The summed E-state index contributed by atoms with van der Waals surface area (Å²) in [5.41, 5.74) is 0.484. The van der Waals surface area contributed by atoms with Gasteiger partial charge in [0.2, 0.25) is 0 Å². The zero-order valence-electron chi connectivity index (χ0n) is 8.51. The summed E-state index contributed by atoms with van der Waals surface area (Å²) in [5, 5.41) is 3.56. The second kappa shape index (κ2) is 5.07. The van der Waals surface area contributed by atoms with Gasteiger partial charge in [0.15, 0.2) is 11.4 Å². The van der Waals surface area contributed by atoms with Crippen molar-refractivity contribution < 1.29 is 9.59 Å². The van der Waals surface area contributed by atoms with E-state index in [-0.39, 0.29) is 5.91 Å². The highest BCUT2D eigenvalue weighted by Crippen LogP contribution is 2.17. The minimum Gasteiger partial charge on any atom is -0.298 e. The van der Waals surface area contributed by atoms with Crippen molar-refractivity contribution in [3.05, 3.63) is 45.9 Å². The molecule has 0 radical (unpaired) electrons. The highest BCUT2D eigenvalue weighted by molar-refractivity contribution is 7.17. The number of halogens is 1. The molecule has 0 fully saturated rings. The zero-order valence-corrected chi connectivity index (χ0v) is 10.1. The summed E-state index contributed by atoms with van der Waals surface area (Å²) in [6.07, 6.45) is 2.10. The number of aldehydes is 1. The molecule has 2 aromatic rings. The van der Waals surface area contributed by atoms with Crippen LogP contribution in [0.25, 0.3) is 0 Å². The molecule has 1 amide bonds. The van der Waals surface area contributed by atoms with E-state index >= 15 is 0 Å². The van der Waals surface area contributed by atoms with Crippen molar-refractivity contribution >= 4 is 40.3 Å². The second-order valence-corrected chi connectivity index (χ2v) is 4.65. The van der Waals surface area contributed by atoms with Crippen LogP contribution in [0.3, 0.4) is 0 Å². The van der Waals surface area contributed by atoms with Gasteiger partial charge in [0.1, 0.15) is 0 Å². The largest absolute Gasteiger partial charge is 0.298 e. The average Bonchev–Trinajstić information content (AvgIpc) is 2.77. The summed E-state index contributed by atoms with van der Waals surface area (Å²) in [6, 6.07) is 6.50. The van der Waals surface area contributed by atoms with Gasteiger partial charge in [-0.15, -0.1) is 0 Å². The molecule has 0 aliphatic rings. The quantitative estimate of drug-likeness (QED) is 0.869. The first-order valence-corrected chi connectivity index (χ1v) is 5.86. The molecule has 1 N–H and O–H groups in total. The molecular weight excluding hydrogens is 260 g/mol. The van der Waals surface area contributed by atoms with E-state index in [1.807, 2.05) is 0 Å². The van der Waals surface area contributed by atoms with E-state index < -0.39 is 0 Å². The molecule has 86 valence electrons. The monoisotopic (exact) mass is 266 g/mol. The third-order valence-electron chi connectivity index (χ3n) is 1.97. The van der Waals surface area contributed by atoms with Gasteiger partial charge >= 0.3 is 0 Å². The number of rotatable bonds is 3. The lowest BCUT2D eigenvalue weighted by Gasteiger charge is -2.01. The van der Waals surface area contributed by atoms with E-state index in [2.05, 4.69) is 10.3 Å². The summed E-state index contributed by atoms with van der Waals surface area (Å²) in [5.74, 6) is -0.284. The van der Waals surface area contributed by atoms with Gasteiger partial charge in [-0.2, -0.15) is 0 Å². The number of thiazole rings is 1. The van der Waals surface area contributed by atoms with Crippen LogP contribution in [0.2, 0.25) is 5.02 Å². The van der Waals surface area contributed by atoms with Gasteiger partial charge in [0, 0.05) is 10.6 Å². The van der Waals surface area contributed by atoms with Crippen LogP contribution in [0, 0.1) is 0 Å². The number of carbonyl (C=O) groups is 2. The Hall–Kier alpha value is -1.72. The Morgan fingerprint density at radius 1 is 1.35 bits per heavy atom. The zero-order chi connectivity index (χ0) is 12.3. The van der Waals surface area contributed by atoms with Gasteiger partial charge in [-0.05, 0) is 24.3 Å². The molecule has 0 aliphatic carbocycles. The molecule has 17 heavy (non-hydrogen) atoms. The molecule has 1 heterocycles. The maximum Gasteiger partial charge on any atom is 0.257 e. The molecule has 1 aromatic heterocycles. The maximum atomic E-state index is 11.7. The highest BCUT2D eigenvalue weighted by Gasteiger charge is 2.08. The van der Waals surface area contributed by atoms with Crippen molar-refractivity contribution in [1.82, 2.24) is 4.98 Å². The SMILES string of the molecule is O=Cc1cnc(NC(=O)c2ccc(Cl)cc2)s1. The molecule has 6 heteroatoms. The first-order chi connectivity index (χ1) is 8.19. The van der Waals surface area contributed by atoms with Crippen molar-refractivity contribution in [3.8, 4) is 0 Å². The van der Waals surface area contributed by atoms with E-state index in [4.69, 9.17) is 11.6 Å². The second-order valence-electron chi connectivity index (χ2n) is 3.15. The van der Waals surface area contributed by atoms with Crippen LogP contribution < -0.4 is 5.32 Å². The number of hydrogen-bond acceptors (Lipinski definition) is 4. The van der Waals surface area contributed by atoms with E-state index in [0.717, 1.165) is 11.3 Å². The summed E-state index contributed by atoms with van der Waals surface area (Å²) < 4.78 is 0. The summed E-state index contributed by atoms with van der Waals surface area (Å²) >= 11 is 6.84. The molecule has 4 nitrogen and oxygen atoms in total. The Balaban J connectivity index is 2.11. The lowest BCUT2D eigenvalue weighted by molar-refractivity contribution is 0.102. The molecule has 0 spiro atoms. The van der Waals surface area contributed by atoms with Crippen LogP contribution in [-0.4, -0.2) is 17.2 Å². The minimum absolute atomic E-state index is 0.284. The average molecular weight is 267 g/mol. The summed E-state index contributed by atoms with van der Waals surface area (Å²) in [4.78, 5) is 26.6. The van der Waals surface area contributed by atoms with E-state index in [0.29, 0.717) is 26.9 Å². The first-order valence-electron chi connectivity index (χ1n) is 4.67. The van der Waals surface area contributed by atoms with Crippen molar-refractivity contribution in [3.63, 3.8) is 0 Å². The van der Waals surface area contributed by atoms with Crippen molar-refractivity contribution in [2.24, 2.45) is 0 Å². The Morgan fingerprint density at radius 2 is 2.06 bits per heavy atom. The maximum absolute atomic E-state index is 11.7. The number of anilines is 1. The third kappa shape index (κ3) is 2.89. The number of benzene rings is 1. The molecular formula is C11H7ClN2O2S. The van der Waals surface area contributed by atoms with Crippen molar-refractivity contribution in [2.75, 3.05) is 5.32 Å². The third-order valence-corrected chi connectivity index (χ3v) is 3.06. The summed E-state index contributed by atoms with van der Waals surface area (Å²) in [6.45, 7) is 0. The molecule has 0 saturated heterocycles. The van der Waals surface area contributed by atoms with E-state index in [1.54, 1.807) is 24.3 Å². The first kappa shape index (κ1) is 11.8. The van der Waals surface area contributed by atoms with Crippen molar-refractivity contribution in [1.29, 1.82) is 0 Å². The normalized spacial score (nSPS) is 9.94. The fraction of sp³-hybridized carbons (Fsp3) is 0. The molecule has 0 atom stereocenters. The molecule has 0 aliphatic heterocycles. The van der Waals surface area contributed by atoms with Crippen LogP contribution >= 0.6 is 22.9 Å². The van der Waals surface area contributed by atoms with Crippen LogP contribution in [-0.2, 0) is 0 Å². The number of carbonyl (C=O) groups excluding carboxylic acids is 2. The number of hydrogen-bond donors (Lipinski definition) is 1. The number of aromatic nitrogens is 1. The highest BCUT2D eigenvalue weighted by atomic mass is 35.5. The van der Waals surface area contributed by atoms with E-state index in [9.17, 15) is 9.59 Å². The Morgan fingerprint density at radius 3 is 2.65 bits per heavy atom. The lowest BCUT2D eigenvalue weighted by atomic mass is 10.2. The topological polar surface area (TPSA) is 59.1 Å². The van der Waals surface area contributed by atoms with Crippen LogP contribution in [0.15, 0.2) is 30.5 Å². The number of nitrogens with one attached hydrogen (secondary N) is 1. The Kier molecular flexibility index (Phi) is 3.51. The van der Waals surface area contributed by atoms with Gasteiger partial charge in [-0.1, -0.05) is 22.9 Å². The van der Waals surface area contributed by atoms with Gasteiger partial charge in [-0.25, -0.2) is 4.98 Å². The van der Waals surface area contributed by atoms with Crippen LogP contribution in [0.5, 0.6) is 0 Å². The Bertz CT molecular complexity index is 551. The van der Waals surface area contributed by atoms with Crippen molar-refractivity contribution in [2.45, 2.75) is 0 Å². The summed E-state index contributed by atoms with van der Waals surface area (Å²) in [7, 11) is 0. The predicted molar refractivity (Wildman–Crippen MR) is 66.9 cm³/mol. The minimum atomic E-state index is -0.284. The van der Waals surface area contributed by atoms with Gasteiger partial charge in [0.05, 0.1) is 11.1 Å². The van der Waals surface area contributed by atoms with Gasteiger partial charge in [-0.3, -0.25) is 14.9 Å². The molecule has 0 saturated carbocycles. The fourth-order valence-electron chi connectivity index (χ4n) is 1.17. The Labute approximate surface area is 106 Å². The smallest absolute Gasteiger partial charge is 0.257 e. The predicted octanol–water partition coefficient (Wildman–Crippen LogP) is 2.86.